The van der Waals surface area contributed by atoms with Gasteiger partial charge in [-0.2, -0.15) is 4.31 Å². The van der Waals surface area contributed by atoms with Crippen molar-refractivity contribution in [3.05, 3.63) is 58.6 Å². The summed E-state index contributed by atoms with van der Waals surface area (Å²) in [5.41, 5.74) is 1.23. The molecule has 1 aliphatic rings. The van der Waals surface area contributed by atoms with Crippen LogP contribution in [-0.2, 0) is 10.0 Å². The molecule has 5 nitrogen and oxygen atoms in total. The van der Waals surface area contributed by atoms with Crippen molar-refractivity contribution in [1.82, 2.24) is 4.31 Å². The lowest BCUT2D eigenvalue weighted by atomic mass is 10.1. The summed E-state index contributed by atoms with van der Waals surface area (Å²) in [5.74, 6) is -0.147. The molecule has 0 amide bonds. The fourth-order valence-electron chi connectivity index (χ4n) is 3.11. The Bertz CT molecular complexity index is 890. The number of hydrogen-bond acceptors (Lipinski definition) is 4. The molecule has 0 aliphatic carbocycles. The zero-order valence-corrected chi connectivity index (χ0v) is 17.4. The van der Waals surface area contributed by atoms with Gasteiger partial charge in [-0.3, -0.25) is 4.79 Å². The zero-order valence-electron chi connectivity index (χ0n) is 15.0. The quantitative estimate of drug-likeness (QED) is 0.665. The average molecular weight is 451 g/mol. The summed E-state index contributed by atoms with van der Waals surface area (Å²) in [6.07, 6.45) is 3.89. The molecule has 1 saturated heterocycles. The maximum absolute atomic E-state index is 12.9. The van der Waals surface area contributed by atoms with Gasteiger partial charge in [-0.25, -0.2) is 8.42 Å². The van der Waals surface area contributed by atoms with Gasteiger partial charge in [0.1, 0.15) is 0 Å². The molecule has 0 atom stereocenters. The number of nitrogens with one attached hydrogen (secondary N) is 1. The minimum absolute atomic E-state index is 0.106. The second-order valence-electron chi connectivity index (χ2n) is 6.63. The van der Waals surface area contributed by atoms with Crippen LogP contribution in [0.15, 0.2) is 57.9 Å². The Morgan fingerprint density at radius 2 is 1.67 bits per heavy atom. The highest BCUT2D eigenvalue weighted by Crippen LogP contribution is 2.21. The van der Waals surface area contributed by atoms with Gasteiger partial charge in [-0.1, -0.05) is 40.9 Å². The lowest BCUT2D eigenvalue weighted by Crippen LogP contribution is -2.32. The van der Waals surface area contributed by atoms with Gasteiger partial charge in [-0.05, 0) is 49.2 Å². The molecule has 1 aliphatic heterocycles. The molecule has 0 radical (unpaired) electrons. The topological polar surface area (TPSA) is 66.5 Å². The number of halogens is 1. The molecule has 1 N–H and O–H groups in total. The number of carbonyl (C=O) groups is 1. The molecule has 3 rings (SSSR count). The molecule has 0 spiro atoms. The molecular formula is C20H23BrN2O3S. The van der Waals surface area contributed by atoms with E-state index in [1.165, 1.54) is 6.07 Å². The van der Waals surface area contributed by atoms with Crippen LogP contribution in [0.25, 0.3) is 0 Å². The number of nitrogens with zero attached hydrogens (tertiary/aromatic N) is 1. The van der Waals surface area contributed by atoms with E-state index in [1.807, 2.05) is 24.3 Å². The van der Waals surface area contributed by atoms with E-state index in [1.54, 1.807) is 22.5 Å². The summed E-state index contributed by atoms with van der Waals surface area (Å²) in [7, 11) is -3.56. The van der Waals surface area contributed by atoms with Crippen LogP contribution in [0, 0.1) is 0 Å². The van der Waals surface area contributed by atoms with E-state index in [0.29, 0.717) is 18.7 Å². The minimum atomic E-state index is -3.56. The van der Waals surface area contributed by atoms with E-state index in [4.69, 9.17) is 0 Å². The summed E-state index contributed by atoms with van der Waals surface area (Å²) in [6, 6.07) is 13.9. The van der Waals surface area contributed by atoms with E-state index < -0.39 is 10.0 Å². The van der Waals surface area contributed by atoms with Crippen LogP contribution in [0.3, 0.4) is 0 Å². The third kappa shape index (κ3) is 5.18. The monoisotopic (exact) mass is 450 g/mol. The number of anilines is 1. The molecule has 0 aromatic heterocycles. The minimum Gasteiger partial charge on any atom is -0.378 e. The Labute approximate surface area is 169 Å². The third-order valence-corrected chi connectivity index (χ3v) is 7.08. The van der Waals surface area contributed by atoms with Crippen LogP contribution in [0.4, 0.5) is 5.69 Å². The van der Waals surface area contributed by atoms with Crippen molar-refractivity contribution in [1.29, 1.82) is 0 Å². The van der Waals surface area contributed by atoms with Crippen molar-refractivity contribution >= 4 is 37.4 Å². The summed E-state index contributed by atoms with van der Waals surface area (Å²) >= 11 is 3.37. The SMILES string of the molecule is O=C(CNc1ccc(Br)cc1)c1cccc(S(=O)(=O)N2CCCCCC2)c1. The summed E-state index contributed by atoms with van der Waals surface area (Å²) in [5, 5.41) is 3.07. The molecule has 27 heavy (non-hydrogen) atoms. The van der Waals surface area contributed by atoms with Crippen molar-refractivity contribution in [2.75, 3.05) is 25.0 Å². The first-order valence-electron chi connectivity index (χ1n) is 9.10. The molecule has 0 unspecified atom stereocenters. The first-order chi connectivity index (χ1) is 13.0. The molecule has 2 aromatic carbocycles. The molecule has 0 bridgehead atoms. The highest BCUT2D eigenvalue weighted by molar-refractivity contribution is 9.10. The van der Waals surface area contributed by atoms with Gasteiger partial charge < -0.3 is 5.32 Å². The highest BCUT2D eigenvalue weighted by atomic mass is 79.9. The fourth-order valence-corrected chi connectivity index (χ4v) is 4.94. The third-order valence-electron chi connectivity index (χ3n) is 4.66. The van der Waals surface area contributed by atoms with Crippen LogP contribution in [0.5, 0.6) is 0 Å². The van der Waals surface area contributed by atoms with Gasteiger partial charge in [0.25, 0.3) is 0 Å². The Hall–Kier alpha value is -1.70. The van der Waals surface area contributed by atoms with E-state index in [2.05, 4.69) is 21.2 Å². The van der Waals surface area contributed by atoms with Gasteiger partial charge in [0.05, 0.1) is 11.4 Å². The molecule has 144 valence electrons. The fraction of sp³-hybridized carbons (Fsp3) is 0.350. The number of sulfonamides is 1. The summed E-state index contributed by atoms with van der Waals surface area (Å²) in [4.78, 5) is 12.7. The standard InChI is InChI=1S/C20H23BrN2O3S/c21-17-8-10-18(11-9-17)22-15-20(24)16-6-5-7-19(14-16)27(25,26)23-12-3-1-2-4-13-23/h5-11,14,22H,1-4,12-13,15H2. The van der Waals surface area contributed by atoms with Gasteiger partial charge >= 0.3 is 0 Å². The number of rotatable bonds is 6. The number of ketones is 1. The number of benzene rings is 2. The average Bonchev–Trinajstić information content (AvgIpc) is 2.97. The van der Waals surface area contributed by atoms with Crippen LogP contribution in [-0.4, -0.2) is 38.1 Å². The van der Waals surface area contributed by atoms with Crippen molar-refractivity contribution in [2.24, 2.45) is 0 Å². The van der Waals surface area contributed by atoms with E-state index in [-0.39, 0.29) is 17.2 Å². The molecular weight excluding hydrogens is 428 g/mol. The van der Waals surface area contributed by atoms with E-state index in [9.17, 15) is 13.2 Å². The van der Waals surface area contributed by atoms with Crippen molar-refractivity contribution < 1.29 is 13.2 Å². The maximum atomic E-state index is 12.9. The largest absolute Gasteiger partial charge is 0.378 e. The Morgan fingerprint density at radius 3 is 2.33 bits per heavy atom. The maximum Gasteiger partial charge on any atom is 0.243 e. The predicted octanol–water partition coefficient (Wildman–Crippen LogP) is 4.31. The Morgan fingerprint density at radius 1 is 1.00 bits per heavy atom. The Kier molecular flexibility index (Phi) is 6.68. The first-order valence-corrected chi connectivity index (χ1v) is 11.3. The molecule has 1 fully saturated rings. The molecule has 0 saturated carbocycles. The summed E-state index contributed by atoms with van der Waals surface area (Å²) in [6.45, 7) is 1.20. The Balaban J connectivity index is 1.72. The van der Waals surface area contributed by atoms with Crippen LogP contribution >= 0.6 is 15.9 Å². The summed E-state index contributed by atoms with van der Waals surface area (Å²) < 4.78 is 28.4. The molecule has 1 heterocycles. The predicted molar refractivity (Wildman–Crippen MR) is 111 cm³/mol. The van der Waals surface area contributed by atoms with Crippen LogP contribution in [0.1, 0.15) is 36.0 Å². The van der Waals surface area contributed by atoms with E-state index in [0.717, 1.165) is 35.8 Å². The number of carbonyl (C=O) groups excluding carboxylic acids is 1. The van der Waals surface area contributed by atoms with E-state index >= 15 is 0 Å². The smallest absolute Gasteiger partial charge is 0.243 e. The molecule has 7 heteroatoms. The van der Waals surface area contributed by atoms with Crippen molar-refractivity contribution in [2.45, 2.75) is 30.6 Å². The van der Waals surface area contributed by atoms with Crippen LogP contribution < -0.4 is 5.32 Å². The second-order valence-corrected chi connectivity index (χ2v) is 9.48. The van der Waals surface area contributed by atoms with Crippen molar-refractivity contribution in [3.8, 4) is 0 Å². The van der Waals surface area contributed by atoms with Gasteiger partial charge in [0.2, 0.25) is 10.0 Å². The molecule has 2 aromatic rings. The number of Topliss-reactive ketones (excluding diaryl/α,β-unsaturated/α-hetero) is 1. The van der Waals surface area contributed by atoms with Crippen LogP contribution in [0.2, 0.25) is 0 Å². The first kappa shape index (κ1) is 20.0. The second kappa shape index (κ2) is 8.99. The lowest BCUT2D eigenvalue weighted by molar-refractivity contribution is 0.101. The number of hydrogen-bond donors (Lipinski definition) is 1. The van der Waals surface area contributed by atoms with Gasteiger partial charge in [0, 0.05) is 28.8 Å². The lowest BCUT2D eigenvalue weighted by Gasteiger charge is -2.20. The van der Waals surface area contributed by atoms with Gasteiger partial charge in [0.15, 0.2) is 5.78 Å². The van der Waals surface area contributed by atoms with Gasteiger partial charge in [-0.15, -0.1) is 0 Å². The highest BCUT2D eigenvalue weighted by Gasteiger charge is 2.25. The van der Waals surface area contributed by atoms with Crippen molar-refractivity contribution in [3.63, 3.8) is 0 Å². The normalized spacial score (nSPS) is 15.9. The zero-order chi connectivity index (χ0) is 19.3.